The van der Waals surface area contributed by atoms with Crippen LogP contribution in [0.3, 0.4) is 0 Å². The van der Waals surface area contributed by atoms with Crippen LogP contribution in [-0.4, -0.2) is 22.7 Å². The normalized spacial score (nSPS) is 21.6. The fourth-order valence-electron chi connectivity index (χ4n) is 2.70. The van der Waals surface area contributed by atoms with E-state index in [4.69, 9.17) is 9.15 Å². The number of benzene rings is 1. The van der Waals surface area contributed by atoms with Gasteiger partial charge in [-0.2, -0.15) is 0 Å². The maximum atomic E-state index is 12.8. The number of rotatable bonds is 3. The van der Waals surface area contributed by atoms with Gasteiger partial charge in [0.05, 0.1) is 17.9 Å². The summed E-state index contributed by atoms with van der Waals surface area (Å²) in [7, 11) is 0. The molecule has 1 N–H and O–H groups in total. The minimum absolute atomic E-state index is 0.0787. The van der Waals surface area contributed by atoms with Crippen LogP contribution >= 0.6 is 0 Å². The van der Waals surface area contributed by atoms with Crippen molar-refractivity contribution in [3.8, 4) is 0 Å². The summed E-state index contributed by atoms with van der Waals surface area (Å²) in [6, 6.07) is 12.9. The largest absolute Gasteiger partial charge is 0.468 e. The van der Waals surface area contributed by atoms with Crippen molar-refractivity contribution in [1.29, 1.82) is 0 Å². The predicted molar refractivity (Wildman–Crippen MR) is 86.4 cm³/mol. The van der Waals surface area contributed by atoms with Gasteiger partial charge in [-0.1, -0.05) is 18.2 Å². The number of carbonyl (C=O) groups excluding carboxylic acids is 1. The number of ether oxygens (including phenoxy) is 1. The van der Waals surface area contributed by atoms with E-state index in [2.05, 4.69) is 5.43 Å². The molecular weight excluding hydrogens is 292 g/mol. The van der Waals surface area contributed by atoms with Gasteiger partial charge in [0.2, 0.25) is 0 Å². The van der Waals surface area contributed by atoms with E-state index in [1.54, 1.807) is 23.4 Å². The van der Waals surface area contributed by atoms with E-state index in [0.29, 0.717) is 12.0 Å². The molecule has 3 rings (SSSR count). The molecule has 1 amide bonds. The topological polar surface area (TPSA) is 54.7 Å². The minimum Gasteiger partial charge on any atom is -0.468 e. The van der Waals surface area contributed by atoms with Crippen molar-refractivity contribution in [2.24, 2.45) is 0 Å². The van der Waals surface area contributed by atoms with Crippen molar-refractivity contribution in [2.75, 3.05) is 0 Å². The highest BCUT2D eigenvalue weighted by Gasteiger charge is 2.39. The van der Waals surface area contributed by atoms with Gasteiger partial charge in [-0.25, -0.2) is 10.4 Å². The molecule has 2 heterocycles. The van der Waals surface area contributed by atoms with Gasteiger partial charge in [0.1, 0.15) is 12.0 Å². The first-order valence-electron chi connectivity index (χ1n) is 7.80. The Morgan fingerprint density at radius 3 is 2.57 bits per heavy atom. The van der Waals surface area contributed by atoms with E-state index >= 15 is 0 Å². The Morgan fingerprint density at radius 2 is 1.96 bits per heavy atom. The van der Waals surface area contributed by atoms with Crippen LogP contribution in [-0.2, 0) is 4.74 Å². The molecule has 0 radical (unpaired) electrons. The lowest BCUT2D eigenvalue weighted by molar-refractivity contribution is -0.112. The van der Waals surface area contributed by atoms with Gasteiger partial charge in [-0.15, -0.1) is 0 Å². The standard InChI is InChI=1S/C18H22N2O3/c1-18(2,3)23-16-12-14(15-10-7-11-22-15)19-20(16)17(21)13-8-5-4-6-9-13/h4-11,14,16,19H,12H2,1-3H3/t14-,16+/m0/s1. The lowest BCUT2D eigenvalue weighted by Crippen LogP contribution is -2.46. The van der Waals surface area contributed by atoms with E-state index in [1.807, 2.05) is 51.1 Å². The lowest BCUT2D eigenvalue weighted by Gasteiger charge is -2.30. The molecule has 0 bridgehead atoms. The molecule has 122 valence electrons. The monoisotopic (exact) mass is 314 g/mol. The Kier molecular flexibility index (Phi) is 4.24. The number of nitrogens with one attached hydrogen (secondary N) is 1. The van der Waals surface area contributed by atoms with Crippen LogP contribution in [0.1, 0.15) is 49.4 Å². The van der Waals surface area contributed by atoms with Crippen LogP contribution in [0.2, 0.25) is 0 Å². The molecule has 0 aliphatic carbocycles. The zero-order valence-electron chi connectivity index (χ0n) is 13.7. The third-order valence-electron chi connectivity index (χ3n) is 3.64. The Morgan fingerprint density at radius 1 is 1.22 bits per heavy atom. The Hall–Kier alpha value is -2.11. The zero-order valence-corrected chi connectivity index (χ0v) is 13.7. The van der Waals surface area contributed by atoms with Gasteiger partial charge in [0.15, 0.2) is 0 Å². The van der Waals surface area contributed by atoms with Gasteiger partial charge in [-0.05, 0) is 45.0 Å². The van der Waals surface area contributed by atoms with E-state index in [9.17, 15) is 4.79 Å². The molecule has 5 nitrogen and oxygen atoms in total. The lowest BCUT2D eigenvalue weighted by atomic mass is 10.1. The van der Waals surface area contributed by atoms with Gasteiger partial charge in [-0.3, -0.25) is 4.79 Å². The maximum Gasteiger partial charge on any atom is 0.270 e. The second-order valence-corrected chi connectivity index (χ2v) is 6.66. The van der Waals surface area contributed by atoms with Crippen molar-refractivity contribution in [3.05, 3.63) is 60.1 Å². The minimum atomic E-state index is -0.349. The first-order chi connectivity index (χ1) is 10.9. The van der Waals surface area contributed by atoms with Crippen molar-refractivity contribution >= 4 is 5.91 Å². The highest BCUT2D eigenvalue weighted by Crippen LogP contribution is 2.31. The molecule has 1 saturated heterocycles. The van der Waals surface area contributed by atoms with Crippen LogP contribution in [0.5, 0.6) is 0 Å². The summed E-state index contributed by atoms with van der Waals surface area (Å²) in [5.41, 5.74) is 3.51. The van der Waals surface area contributed by atoms with Gasteiger partial charge in [0, 0.05) is 12.0 Å². The zero-order chi connectivity index (χ0) is 16.4. The molecule has 23 heavy (non-hydrogen) atoms. The molecule has 0 spiro atoms. The molecule has 1 aliphatic heterocycles. The first kappa shape index (κ1) is 15.8. The molecule has 0 saturated carbocycles. The van der Waals surface area contributed by atoms with Gasteiger partial charge >= 0.3 is 0 Å². The Labute approximate surface area is 136 Å². The van der Waals surface area contributed by atoms with Crippen LogP contribution in [0.4, 0.5) is 0 Å². The molecule has 5 heteroatoms. The molecule has 1 aliphatic rings. The molecule has 1 aromatic heterocycles. The predicted octanol–water partition coefficient (Wildman–Crippen LogP) is 3.51. The second-order valence-electron chi connectivity index (χ2n) is 6.66. The quantitative estimate of drug-likeness (QED) is 0.942. The van der Waals surface area contributed by atoms with Crippen LogP contribution < -0.4 is 5.43 Å². The third-order valence-corrected chi connectivity index (χ3v) is 3.64. The molecule has 2 atom stereocenters. The smallest absolute Gasteiger partial charge is 0.270 e. The molecule has 1 aromatic carbocycles. The number of carbonyl (C=O) groups is 1. The van der Waals surface area contributed by atoms with Gasteiger partial charge < -0.3 is 9.15 Å². The van der Waals surface area contributed by atoms with Crippen molar-refractivity contribution in [3.63, 3.8) is 0 Å². The molecule has 2 aromatic rings. The highest BCUT2D eigenvalue weighted by molar-refractivity contribution is 5.94. The fourth-order valence-corrected chi connectivity index (χ4v) is 2.70. The van der Waals surface area contributed by atoms with Crippen LogP contribution in [0.15, 0.2) is 53.1 Å². The van der Waals surface area contributed by atoms with Crippen LogP contribution in [0.25, 0.3) is 0 Å². The Bertz CT molecular complexity index is 647. The van der Waals surface area contributed by atoms with Crippen molar-refractivity contribution < 1.29 is 13.9 Å². The number of hydrogen-bond acceptors (Lipinski definition) is 4. The second kappa shape index (κ2) is 6.18. The summed E-state index contributed by atoms with van der Waals surface area (Å²) >= 11 is 0. The van der Waals surface area contributed by atoms with E-state index in [0.717, 1.165) is 5.76 Å². The maximum absolute atomic E-state index is 12.8. The van der Waals surface area contributed by atoms with E-state index < -0.39 is 0 Å². The molecule has 1 fully saturated rings. The SMILES string of the molecule is CC(C)(C)O[C@@H]1C[C@@H](c2ccco2)NN1C(=O)c1ccccc1. The summed E-state index contributed by atoms with van der Waals surface area (Å²) in [5.74, 6) is 0.699. The highest BCUT2D eigenvalue weighted by atomic mass is 16.5. The van der Waals surface area contributed by atoms with Crippen molar-refractivity contribution in [1.82, 2.24) is 10.4 Å². The van der Waals surface area contributed by atoms with E-state index in [1.165, 1.54) is 0 Å². The summed E-state index contributed by atoms with van der Waals surface area (Å²) in [6.07, 6.45) is 1.93. The summed E-state index contributed by atoms with van der Waals surface area (Å²) in [4.78, 5) is 12.8. The first-order valence-corrected chi connectivity index (χ1v) is 7.80. The summed E-state index contributed by atoms with van der Waals surface area (Å²) < 4.78 is 11.6. The van der Waals surface area contributed by atoms with E-state index in [-0.39, 0.29) is 23.8 Å². The number of hydrogen-bond donors (Lipinski definition) is 1. The summed E-state index contributed by atoms with van der Waals surface area (Å²) in [5, 5.41) is 1.58. The van der Waals surface area contributed by atoms with Gasteiger partial charge in [0.25, 0.3) is 5.91 Å². The molecular formula is C18H22N2O3. The Balaban J connectivity index is 1.84. The van der Waals surface area contributed by atoms with Crippen molar-refractivity contribution in [2.45, 2.75) is 45.1 Å². The fraction of sp³-hybridized carbons (Fsp3) is 0.389. The average Bonchev–Trinajstić information content (AvgIpc) is 3.15. The van der Waals surface area contributed by atoms with Crippen LogP contribution in [0, 0.1) is 0 Å². The summed E-state index contributed by atoms with van der Waals surface area (Å²) in [6.45, 7) is 5.95. The average molecular weight is 314 g/mol. The number of amides is 1. The number of furan rings is 1. The third kappa shape index (κ3) is 3.63. The number of nitrogens with zero attached hydrogens (tertiary/aromatic N) is 1. The number of hydrazine groups is 1. The molecule has 0 unspecified atom stereocenters.